The smallest absolute Gasteiger partial charge is 0.307 e. The van der Waals surface area contributed by atoms with E-state index in [2.05, 4.69) is 5.32 Å². The second-order valence-electron chi connectivity index (χ2n) is 5.03. The Morgan fingerprint density at radius 2 is 2.26 bits per heavy atom. The minimum absolute atomic E-state index is 0.0546. The van der Waals surface area contributed by atoms with E-state index in [0.29, 0.717) is 13.0 Å². The third-order valence-electron chi connectivity index (χ3n) is 3.41. The van der Waals surface area contributed by atoms with E-state index >= 15 is 0 Å². The van der Waals surface area contributed by atoms with Crippen molar-refractivity contribution in [3.63, 3.8) is 0 Å². The van der Waals surface area contributed by atoms with Crippen LogP contribution in [0, 0.1) is 11.8 Å². The van der Waals surface area contributed by atoms with Gasteiger partial charge in [-0.15, -0.1) is 0 Å². The van der Waals surface area contributed by atoms with Crippen molar-refractivity contribution in [1.82, 2.24) is 10.2 Å². The topological polar surface area (TPSA) is 82.8 Å². The maximum Gasteiger partial charge on any atom is 0.307 e. The van der Waals surface area contributed by atoms with Gasteiger partial charge in [-0.1, -0.05) is 0 Å². The summed E-state index contributed by atoms with van der Waals surface area (Å²) in [4.78, 5) is 24.4. The molecule has 1 fully saturated rings. The van der Waals surface area contributed by atoms with Crippen LogP contribution in [0.25, 0.3) is 0 Å². The molecule has 104 valence electrons. The largest absolute Gasteiger partial charge is 0.481 e. The molecule has 1 aromatic heterocycles. The van der Waals surface area contributed by atoms with Gasteiger partial charge in [0, 0.05) is 6.54 Å². The number of likely N-dealkylation sites (N-methyl/N-ethyl adjacent to an activating group) is 1. The Bertz CT molecular complexity index is 455. The van der Waals surface area contributed by atoms with Crippen molar-refractivity contribution in [2.45, 2.75) is 12.5 Å². The van der Waals surface area contributed by atoms with E-state index < -0.39 is 11.9 Å². The quantitative estimate of drug-likeness (QED) is 0.792. The lowest BCUT2D eigenvalue weighted by molar-refractivity contribution is -0.140. The number of nitrogens with zero attached hydrogens (tertiary/aromatic N) is 1. The molecule has 0 spiro atoms. The van der Waals surface area contributed by atoms with Crippen LogP contribution in [-0.4, -0.2) is 42.5 Å². The number of rotatable bonds is 6. The summed E-state index contributed by atoms with van der Waals surface area (Å²) >= 11 is 0. The van der Waals surface area contributed by atoms with E-state index in [-0.39, 0.29) is 17.9 Å². The monoisotopic (exact) mass is 266 g/mol. The molecular formula is C13H18N2O4. The molecule has 2 rings (SSSR count). The van der Waals surface area contributed by atoms with E-state index in [9.17, 15) is 9.59 Å². The number of hydrogen-bond donors (Lipinski definition) is 2. The lowest BCUT2D eigenvalue weighted by Gasteiger charge is -2.22. The fourth-order valence-corrected chi connectivity index (χ4v) is 2.10. The number of carboxylic acids is 1. The first kappa shape index (κ1) is 13.6. The highest BCUT2D eigenvalue weighted by atomic mass is 16.4. The van der Waals surface area contributed by atoms with Gasteiger partial charge in [-0.05, 0) is 32.6 Å². The van der Waals surface area contributed by atoms with Crippen LogP contribution in [0.1, 0.15) is 18.2 Å². The number of furan rings is 1. The van der Waals surface area contributed by atoms with Crippen molar-refractivity contribution in [3.05, 3.63) is 24.2 Å². The van der Waals surface area contributed by atoms with Crippen LogP contribution in [-0.2, 0) is 9.59 Å². The molecule has 1 aliphatic rings. The van der Waals surface area contributed by atoms with Gasteiger partial charge in [0.05, 0.1) is 24.1 Å². The van der Waals surface area contributed by atoms with E-state index in [1.54, 1.807) is 12.3 Å². The first-order chi connectivity index (χ1) is 9.00. The van der Waals surface area contributed by atoms with Gasteiger partial charge in [-0.2, -0.15) is 0 Å². The lowest BCUT2D eigenvalue weighted by Crippen LogP contribution is -2.35. The Balaban J connectivity index is 1.87. The zero-order valence-corrected chi connectivity index (χ0v) is 11.0. The van der Waals surface area contributed by atoms with Gasteiger partial charge in [0.1, 0.15) is 5.76 Å². The van der Waals surface area contributed by atoms with Crippen LogP contribution in [0.4, 0.5) is 0 Å². The van der Waals surface area contributed by atoms with Gasteiger partial charge in [0.25, 0.3) is 0 Å². The Hall–Kier alpha value is -1.82. The van der Waals surface area contributed by atoms with Crippen LogP contribution >= 0.6 is 0 Å². The van der Waals surface area contributed by atoms with Gasteiger partial charge in [-0.25, -0.2) is 0 Å². The van der Waals surface area contributed by atoms with Crippen molar-refractivity contribution in [2.24, 2.45) is 11.8 Å². The summed E-state index contributed by atoms with van der Waals surface area (Å²) in [7, 11) is 3.80. The van der Waals surface area contributed by atoms with E-state index in [1.165, 1.54) is 0 Å². The molecule has 1 heterocycles. The first-order valence-corrected chi connectivity index (χ1v) is 6.21. The number of amides is 1. The Kier molecular flexibility index (Phi) is 3.90. The lowest BCUT2D eigenvalue weighted by atomic mass is 10.2. The highest BCUT2D eigenvalue weighted by molar-refractivity contribution is 5.89. The van der Waals surface area contributed by atoms with Crippen molar-refractivity contribution in [1.29, 1.82) is 0 Å². The maximum atomic E-state index is 11.8. The van der Waals surface area contributed by atoms with Gasteiger partial charge >= 0.3 is 5.97 Å². The van der Waals surface area contributed by atoms with Crippen molar-refractivity contribution in [2.75, 3.05) is 20.6 Å². The van der Waals surface area contributed by atoms with Crippen LogP contribution in [0.3, 0.4) is 0 Å². The highest BCUT2D eigenvalue weighted by Gasteiger charge is 2.48. The number of carbonyl (C=O) groups is 2. The molecule has 0 saturated heterocycles. The van der Waals surface area contributed by atoms with Crippen LogP contribution in [0.2, 0.25) is 0 Å². The zero-order valence-electron chi connectivity index (χ0n) is 11.0. The average Bonchev–Trinajstić information content (AvgIpc) is 2.99. The molecule has 0 radical (unpaired) electrons. The summed E-state index contributed by atoms with van der Waals surface area (Å²) in [6.45, 7) is 0.405. The molecule has 0 aliphatic heterocycles. The van der Waals surface area contributed by atoms with Gasteiger partial charge < -0.3 is 14.8 Å². The van der Waals surface area contributed by atoms with Gasteiger partial charge in [-0.3, -0.25) is 14.5 Å². The normalized spacial score (nSPS) is 23.1. The fraction of sp³-hybridized carbons (Fsp3) is 0.538. The fourth-order valence-electron chi connectivity index (χ4n) is 2.10. The number of hydrogen-bond acceptors (Lipinski definition) is 4. The summed E-state index contributed by atoms with van der Waals surface area (Å²) in [6.07, 6.45) is 2.03. The Labute approximate surface area is 111 Å². The van der Waals surface area contributed by atoms with Crippen molar-refractivity contribution < 1.29 is 19.1 Å². The number of aliphatic carboxylic acids is 1. The summed E-state index contributed by atoms with van der Waals surface area (Å²) < 4.78 is 5.34. The van der Waals surface area contributed by atoms with Crippen LogP contribution in [0.5, 0.6) is 0 Å². The molecule has 6 nitrogen and oxygen atoms in total. The molecule has 3 atom stereocenters. The average molecular weight is 266 g/mol. The number of carbonyl (C=O) groups excluding carboxylic acids is 1. The zero-order chi connectivity index (χ0) is 14.0. The summed E-state index contributed by atoms with van der Waals surface area (Å²) in [5.41, 5.74) is 0. The molecule has 0 bridgehead atoms. The third kappa shape index (κ3) is 3.14. The number of nitrogens with one attached hydrogen (secondary N) is 1. The van der Waals surface area contributed by atoms with E-state index in [4.69, 9.17) is 9.52 Å². The predicted octanol–water partition coefficient (Wildman–Crippen LogP) is 0.719. The highest BCUT2D eigenvalue weighted by Crippen LogP contribution is 2.38. The minimum Gasteiger partial charge on any atom is -0.481 e. The van der Waals surface area contributed by atoms with Gasteiger partial charge in [0.2, 0.25) is 5.91 Å². The summed E-state index contributed by atoms with van der Waals surface area (Å²) in [5.74, 6) is -1.20. The van der Waals surface area contributed by atoms with E-state index in [0.717, 1.165) is 5.76 Å². The molecule has 1 saturated carbocycles. The van der Waals surface area contributed by atoms with Crippen molar-refractivity contribution in [3.8, 4) is 0 Å². The predicted molar refractivity (Wildman–Crippen MR) is 67.4 cm³/mol. The second kappa shape index (κ2) is 5.44. The summed E-state index contributed by atoms with van der Waals surface area (Å²) in [6, 6.07) is 3.60. The molecule has 1 aliphatic carbocycles. The molecule has 2 N–H and O–H groups in total. The molecule has 1 aromatic rings. The molecular weight excluding hydrogens is 248 g/mol. The van der Waals surface area contributed by atoms with Crippen LogP contribution < -0.4 is 5.32 Å². The minimum atomic E-state index is -0.893. The first-order valence-electron chi connectivity index (χ1n) is 6.21. The van der Waals surface area contributed by atoms with Crippen molar-refractivity contribution >= 4 is 11.9 Å². The molecule has 6 heteroatoms. The second-order valence-corrected chi connectivity index (χ2v) is 5.03. The summed E-state index contributed by atoms with van der Waals surface area (Å²) in [5, 5.41) is 11.6. The molecule has 1 unspecified atom stereocenters. The standard InChI is InChI=1S/C13H18N2O4/c1-15(2)10(11-4-3-5-19-11)7-14-12(16)8-6-9(8)13(17)18/h3-5,8-10H,6-7H2,1-2H3,(H,14,16)(H,17,18)/t8-,9+,10?/m1/s1. The van der Waals surface area contributed by atoms with E-state index in [1.807, 2.05) is 25.1 Å². The third-order valence-corrected chi connectivity index (χ3v) is 3.41. The Morgan fingerprint density at radius 3 is 2.74 bits per heavy atom. The SMILES string of the molecule is CN(C)C(CNC(=O)[C@@H]1C[C@@H]1C(=O)O)c1ccco1. The molecule has 19 heavy (non-hydrogen) atoms. The Morgan fingerprint density at radius 1 is 1.53 bits per heavy atom. The van der Waals surface area contributed by atoms with Crippen LogP contribution in [0.15, 0.2) is 22.8 Å². The van der Waals surface area contributed by atoms with Gasteiger partial charge in [0.15, 0.2) is 0 Å². The molecule has 1 amide bonds. The maximum absolute atomic E-state index is 11.8. The molecule has 0 aromatic carbocycles. The number of carboxylic acid groups (broad SMARTS) is 1.